The zero-order valence-corrected chi connectivity index (χ0v) is 16.7. The van der Waals surface area contributed by atoms with Crippen molar-refractivity contribution >= 4 is 11.8 Å². The molecule has 0 aromatic heterocycles. The summed E-state index contributed by atoms with van der Waals surface area (Å²) in [6.07, 6.45) is 10.4. The van der Waals surface area contributed by atoms with Crippen LogP contribution in [0.15, 0.2) is 11.6 Å². The van der Waals surface area contributed by atoms with Gasteiger partial charge in [-0.1, -0.05) is 25.5 Å². The van der Waals surface area contributed by atoms with Gasteiger partial charge in [0.2, 0.25) is 0 Å². The quantitative estimate of drug-likeness (QED) is 0.720. The molecule has 2 N–H and O–H groups in total. The monoisotopic (exact) mass is 374 g/mol. The van der Waals surface area contributed by atoms with E-state index in [1.165, 1.54) is 5.57 Å². The molecule has 0 heterocycles. The number of aliphatic hydroxyl groups excluding tert-OH is 1. The van der Waals surface area contributed by atoms with E-state index in [2.05, 4.69) is 19.9 Å². The first-order chi connectivity index (χ1) is 12.8. The van der Waals surface area contributed by atoms with Gasteiger partial charge in [0.1, 0.15) is 5.78 Å². The normalized spacial score (nSPS) is 48.0. The first-order valence-corrected chi connectivity index (χ1v) is 10.9. The molecule has 0 spiro atoms. The van der Waals surface area contributed by atoms with Crippen LogP contribution in [0.2, 0.25) is 0 Å². The molecule has 4 saturated carbocycles. The standard InChI is InChI=1S/C23H34O4/c1-22-10-8-14(4-3-5-21(26)27)12-18(22)19(24)13-15-16-6-7-20(25)23(16,2)11-9-17(15)22/h4,15-19,24H,3,5-13H2,1-2H3,(H,26,27)/b14-4+/t15-,16-,17-,18+,19-,22+,23-/m0/s1. The average Bonchev–Trinajstić information content (AvgIpc) is 2.91. The van der Waals surface area contributed by atoms with Gasteiger partial charge < -0.3 is 10.2 Å². The Kier molecular flexibility index (Phi) is 4.77. The maximum absolute atomic E-state index is 12.5. The number of carboxylic acids is 1. The lowest BCUT2D eigenvalue weighted by Gasteiger charge is -2.61. The van der Waals surface area contributed by atoms with E-state index < -0.39 is 5.97 Å². The maximum atomic E-state index is 12.5. The molecule has 0 unspecified atom stereocenters. The molecule has 0 saturated heterocycles. The molecule has 0 radical (unpaired) electrons. The summed E-state index contributed by atoms with van der Waals surface area (Å²) in [4.78, 5) is 23.3. The van der Waals surface area contributed by atoms with Crippen LogP contribution in [0.5, 0.6) is 0 Å². The molecule has 4 aliphatic carbocycles. The first-order valence-electron chi connectivity index (χ1n) is 10.9. The fraction of sp³-hybridized carbons (Fsp3) is 0.826. The number of allylic oxidation sites excluding steroid dienone is 2. The predicted molar refractivity (Wildman–Crippen MR) is 103 cm³/mol. The Hall–Kier alpha value is -1.16. The minimum Gasteiger partial charge on any atom is -0.481 e. The number of ketones is 1. The van der Waals surface area contributed by atoms with Crippen LogP contribution in [0.4, 0.5) is 0 Å². The van der Waals surface area contributed by atoms with Gasteiger partial charge in [-0.25, -0.2) is 0 Å². The zero-order chi connectivity index (χ0) is 19.4. The van der Waals surface area contributed by atoms with Crippen molar-refractivity contribution in [3.8, 4) is 0 Å². The van der Waals surface area contributed by atoms with Crippen molar-refractivity contribution in [2.24, 2.45) is 34.5 Å². The van der Waals surface area contributed by atoms with E-state index >= 15 is 0 Å². The van der Waals surface area contributed by atoms with E-state index in [1.807, 2.05) is 0 Å². The summed E-state index contributed by atoms with van der Waals surface area (Å²) < 4.78 is 0. The lowest BCUT2D eigenvalue weighted by atomic mass is 9.44. The highest BCUT2D eigenvalue weighted by Gasteiger charge is 2.61. The van der Waals surface area contributed by atoms with Gasteiger partial charge in [-0.05, 0) is 80.5 Å². The van der Waals surface area contributed by atoms with Crippen molar-refractivity contribution in [2.45, 2.75) is 84.2 Å². The summed E-state index contributed by atoms with van der Waals surface area (Å²) in [5.74, 6) is 1.57. The fourth-order valence-corrected chi connectivity index (χ4v) is 7.50. The van der Waals surface area contributed by atoms with Gasteiger partial charge in [0.25, 0.3) is 0 Å². The summed E-state index contributed by atoms with van der Waals surface area (Å²) in [5, 5.41) is 20.0. The Balaban J connectivity index is 1.54. The number of hydrogen-bond acceptors (Lipinski definition) is 3. The second kappa shape index (κ2) is 6.72. The van der Waals surface area contributed by atoms with Gasteiger partial charge in [0.05, 0.1) is 6.10 Å². The van der Waals surface area contributed by atoms with Crippen molar-refractivity contribution in [1.29, 1.82) is 0 Å². The summed E-state index contributed by atoms with van der Waals surface area (Å²) >= 11 is 0. The lowest BCUT2D eigenvalue weighted by Crippen LogP contribution is -2.57. The topological polar surface area (TPSA) is 74.6 Å². The van der Waals surface area contributed by atoms with Crippen molar-refractivity contribution in [3.63, 3.8) is 0 Å². The minimum atomic E-state index is -0.746. The molecule has 0 bridgehead atoms. The summed E-state index contributed by atoms with van der Waals surface area (Å²) in [7, 11) is 0. The Morgan fingerprint density at radius 1 is 1.15 bits per heavy atom. The fourth-order valence-electron chi connectivity index (χ4n) is 7.50. The number of carboxylic acid groups (broad SMARTS) is 1. The van der Waals surface area contributed by atoms with Crippen molar-refractivity contribution in [3.05, 3.63) is 11.6 Å². The summed E-state index contributed by atoms with van der Waals surface area (Å²) in [6, 6.07) is 0. The van der Waals surface area contributed by atoms with E-state index in [4.69, 9.17) is 5.11 Å². The van der Waals surface area contributed by atoms with E-state index in [1.54, 1.807) is 0 Å². The van der Waals surface area contributed by atoms with E-state index in [9.17, 15) is 14.7 Å². The van der Waals surface area contributed by atoms with Gasteiger partial charge in [0, 0.05) is 18.3 Å². The second-order valence-electron chi connectivity index (χ2n) is 10.2. The van der Waals surface area contributed by atoms with E-state index in [-0.39, 0.29) is 29.3 Å². The highest BCUT2D eigenvalue weighted by atomic mass is 16.4. The SMILES string of the molecule is C[C@]12CC/C(=C\CCC(=O)O)C[C@@H]1[C@@H](O)C[C@@H]1[C@@H]2CC[C@]2(C)C(=O)CC[C@@H]12. The number of hydrogen-bond donors (Lipinski definition) is 2. The number of Topliss-reactive ketones (excluding diaryl/α,β-unsaturated/α-hetero) is 1. The molecule has 4 rings (SSSR count). The van der Waals surface area contributed by atoms with Crippen LogP contribution in [-0.4, -0.2) is 28.1 Å². The molecule has 150 valence electrons. The number of aliphatic hydroxyl groups is 1. The molecule has 4 heteroatoms. The molecule has 4 nitrogen and oxygen atoms in total. The third kappa shape index (κ3) is 2.99. The second-order valence-corrected chi connectivity index (χ2v) is 10.2. The van der Waals surface area contributed by atoms with Crippen LogP contribution in [0.1, 0.15) is 78.1 Å². The van der Waals surface area contributed by atoms with E-state index in [0.717, 1.165) is 51.4 Å². The Bertz CT molecular complexity index is 667. The highest BCUT2D eigenvalue weighted by molar-refractivity contribution is 5.87. The molecule has 27 heavy (non-hydrogen) atoms. The van der Waals surface area contributed by atoms with Gasteiger partial charge >= 0.3 is 5.97 Å². The smallest absolute Gasteiger partial charge is 0.303 e. The molecular formula is C23H34O4. The zero-order valence-electron chi connectivity index (χ0n) is 16.7. The number of carbonyl (C=O) groups is 2. The number of fused-ring (bicyclic) bond motifs is 5. The minimum absolute atomic E-state index is 0.138. The van der Waals surface area contributed by atoms with Crippen LogP contribution in [0.3, 0.4) is 0 Å². The molecule has 4 aliphatic rings. The highest BCUT2D eigenvalue weighted by Crippen LogP contribution is 2.65. The maximum Gasteiger partial charge on any atom is 0.303 e. The van der Waals surface area contributed by atoms with Crippen LogP contribution in [0, 0.1) is 34.5 Å². The first kappa shape index (κ1) is 19.2. The summed E-state index contributed by atoms with van der Waals surface area (Å²) in [6.45, 7) is 4.58. The van der Waals surface area contributed by atoms with Crippen LogP contribution >= 0.6 is 0 Å². The average molecular weight is 375 g/mol. The number of aliphatic carboxylic acids is 1. The molecule has 0 aromatic carbocycles. The van der Waals surface area contributed by atoms with E-state index in [0.29, 0.717) is 30.0 Å². The van der Waals surface area contributed by atoms with Crippen LogP contribution in [-0.2, 0) is 9.59 Å². The molecule has 7 atom stereocenters. The molecule has 0 aromatic rings. The third-order valence-corrected chi connectivity index (χ3v) is 9.08. The van der Waals surface area contributed by atoms with Crippen molar-refractivity contribution in [2.75, 3.05) is 0 Å². The third-order valence-electron chi connectivity index (χ3n) is 9.08. The Labute approximate surface area is 162 Å². The largest absolute Gasteiger partial charge is 0.481 e. The molecule has 0 amide bonds. The van der Waals surface area contributed by atoms with Crippen LogP contribution < -0.4 is 0 Å². The lowest BCUT2D eigenvalue weighted by molar-refractivity contribution is -0.155. The van der Waals surface area contributed by atoms with Gasteiger partial charge in [-0.2, -0.15) is 0 Å². The summed E-state index contributed by atoms with van der Waals surface area (Å²) in [5.41, 5.74) is 1.35. The van der Waals surface area contributed by atoms with Crippen molar-refractivity contribution < 1.29 is 19.8 Å². The Morgan fingerprint density at radius 3 is 2.67 bits per heavy atom. The molecule has 0 aliphatic heterocycles. The van der Waals surface area contributed by atoms with Gasteiger partial charge in [0.15, 0.2) is 0 Å². The van der Waals surface area contributed by atoms with Crippen LogP contribution in [0.25, 0.3) is 0 Å². The van der Waals surface area contributed by atoms with Gasteiger partial charge in [-0.15, -0.1) is 0 Å². The van der Waals surface area contributed by atoms with Gasteiger partial charge in [-0.3, -0.25) is 9.59 Å². The molecular weight excluding hydrogens is 340 g/mol. The number of carbonyl (C=O) groups excluding carboxylic acids is 1. The van der Waals surface area contributed by atoms with Crippen molar-refractivity contribution in [1.82, 2.24) is 0 Å². The Morgan fingerprint density at radius 2 is 1.93 bits per heavy atom. The molecule has 4 fully saturated rings. The predicted octanol–water partition coefficient (Wildman–Crippen LogP) is 4.36. The number of rotatable bonds is 3.